The SMILES string of the molecule is CC/C(F)=C(N)\C(C)=C(/C)O. The number of halogens is 1. The van der Waals surface area contributed by atoms with Crippen molar-refractivity contribution in [2.45, 2.75) is 27.2 Å². The van der Waals surface area contributed by atoms with Crippen LogP contribution in [0.2, 0.25) is 0 Å². The molecule has 0 aromatic rings. The predicted molar refractivity (Wildman–Crippen MR) is 43.6 cm³/mol. The molecule has 0 aromatic carbocycles. The summed E-state index contributed by atoms with van der Waals surface area (Å²) in [5, 5.41) is 8.93. The number of nitrogens with two attached hydrogens (primary N) is 1. The fraction of sp³-hybridized carbons (Fsp3) is 0.500. The number of allylic oxidation sites excluding steroid dienone is 3. The highest BCUT2D eigenvalue weighted by molar-refractivity contribution is 5.29. The first-order valence-electron chi connectivity index (χ1n) is 3.51. The van der Waals surface area contributed by atoms with Gasteiger partial charge in [-0.05, 0) is 20.3 Å². The second kappa shape index (κ2) is 4.01. The fourth-order valence-corrected chi connectivity index (χ4v) is 0.589. The predicted octanol–water partition coefficient (Wildman–Crippen LogP) is 2.39. The van der Waals surface area contributed by atoms with Gasteiger partial charge >= 0.3 is 0 Å². The molecule has 0 spiro atoms. The van der Waals surface area contributed by atoms with Crippen LogP contribution in [0, 0.1) is 0 Å². The van der Waals surface area contributed by atoms with E-state index < -0.39 is 0 Å². The maximum atomic E-state index is 12.7. The van der Waals surface area contributed by atoms with Gasteiger partial charge in [0.25, 0.3) is 0 Å². The van der Waals surface area contributed by atoms with Gasteiger partial charge in [-0.15, -0.1) is 0 Å². The Morgan fingerprint density at radius 1 is 1.45 bits per heavy atom. The van der Waals surface area contributed by atoms with Crippen molar-refractivity contribution in [1.29, 1.82) is 0 Å². The third kappa shape index (κ3) is 2.62. The summed E-state index contributed by atoms with van der Waals surface area (Å²) in [6, 6.07) is 0. The molecule has 0 aromatic heterocycles. The van der Waals surface area contributed by atoms with E-state index in [1.165, 1.54) is 6.92 Å². The van der Waals surface area contributed by atoms with Gasteiger partial charge in [-0.1, -0.05) is 6.92 Å². The van der Waals surface area contributed by atoms with Crippen LogP contribution in [0.4, 0.5) is 4.39 Å². The Hall–Kier alpha value is -0.990. The van der Waals surface area contributed by atoms with E-state index in [1.54, 1.807) is 13.8 Å². The third-order valence-electron chi connectivity index (χ3n) is 1.55. The maximum Gasteiger partial charge on any atom is 0.123 e. The highest BCUT2D eigenvalue weighted by Gasteiger charge is 2.04. The Labute approximate surface area is 66.2 Å². The lowest BCUT2D eigenvalue weighted by Gasteiger charge is -2.03. The Balaban J connectivity index is 4.75. The summed E-state index contributed by atoms with van der Waals surface area (Å²) in [6.45, 7) is 4.73. The molecule has 0 atom stereocenters. The van der Waals surface area contributed by atoms with Crippen LogP contribution < -0.4 is 5.73 Å². The van der Waals surface area contributed by atoms with Crippen LogP contribution in [0.1, 0.15) is 27.2 Å². The van der Waals surface area contributed by atoms with Gasteiger partial charge in [0.05, 0.1) is 11.5 Å². The summed E-state index contributed by atoms with van der Waals surface area (Å²) in [5.41, 5.74) is 5.81. The molecular weight excluding hydrogens is 145 g/mol. The molecular formula is C8H14FNO. The summed E-state index contributed by atoms with van der Waals surface area (Å²) < 4.78 is 12.7. The molecule has 0 fully saturated rings. The van der Waals surface area contributed by atoms with Gasteiger partial charge in [0.15, 0.2) is 0 Å². The third-order valence-corrected chi connectivity index (χ3v) is 1.55. The van der Waals surface area contributed by atoms with Crippen LogP contribution in [0.25, 0.3) is 0 Å². The summed E-state index contributed by atoms with van der Waals surface area (Å²) in [4.78, 5) is 0. The first-order chi connectivity index (χ1) is 5.00. The Morgan fingerprint density at radius 3 is 2.18 bits per heavy atom. The van der Waals surface area contributed by atoms with Gasteiger partial charge in [-0.2, -0.15) is 0 Å². The van der Waals surface area contributed by atoms with E-state index in [9.17, 15) is 4.39 Å². The minimum atomic E-state index is -0.379. The van der Waals surface area contributed by atoms with E-state index in [4.69, 9.17) is 10.8 Å². The molecule has 0 rings (SSSR count). The van der Waals surface area contributed by atoms with Crippen molar-refractivity contribution in [3.05, 3.63) is 22.9 Å². The van der Waals surface area contributed by atoms with Crippen LogP contribution in [0.3, 0.4) is 0 Å². The zero-order chi connectivity index (χ0) is 9.02. The van der Waals surface area contributed by atoms with E-state index in [2.05, 4.69) is 0 Å². The molecule has 0 radical (unpaired) electrons. The molecule has 64 valence electrons. The monoisotopic (exact) mass is 159 g/mol. The van der Waals surface area contributed by atoms with Crippen LogP contribution >= 0.6 is 0 Å². The number of aliphatic hydroxyl groups excluding tert-OH is 1. The molecule has 0 heterocycles. The molecule has 0 saturated heterocycles. The second-order valence-electron chi connectivity index (χ2n) is 2.38. The molecule has 0 bridgehead atoms. The minimum absolute atomic E-state index is 0.0486. The zero-order valence-electron chi connectivity index (χ0n) is 7.11. The lowest BCUT2D eigenvalue weighted by atomic mass is 10.1. The molecule has 0 unspecified atom stereocenters. The van der Waals surface area contributed by atoms with Crippen LogP contribution in [0.15, 0.2) is 22.9 Å². The minimum Gasteiger partial charge on any atom is -0.512 e. The van der Waals surface area contributed by atoms with Gasteiger partial charge < -0.3 is 10.8 Å². The van der Waals surface area contributed by atoms with E-state index in [0.29, 0.717) is 5.57 Å². The molecule has 0 aliphatic rings. The fourth-order valence-electron chi connectivity index (χ4n) is 0.589. The standard InChI is InChI=1S/C8H14FNO/c1-4-7(9)8(10)5(2)6(3)11/h11H,4,10H2,1-3H3/b6-5+,8-7-. The van der Waals surface area contributed by atoms with Gasteiger partial charge in [0.2, 0.25) is 0 Å². The highest BCUT2D eigenvalue weighted by atomic mass is 19.1. The van der Waals surface area contributed by atoms with Crippen molar-refractivity contribution < 1.29 is 9.50 Å². The maximum absolute atomic E-state index is 12.7. The number of aliphatic hydroxyl groups is 1. The van der Waals surface area contributed by atoms with E-state index in [1.807, 2.05) is 0 Å². The normalized spacial score (nSPS) is 15.6. The van der Waals surface area contributed by atoms with Crippen LogP contribution in [0.5, 0.6) is 0 Å². The lowest BCUT2D eigenvalue weighted by Crippen LogP contribution is -2.03. The molecule has 0 saturated carbocycles. The molecule has 0 amide bonds. The molecule has 0 aliphatic carbocycles. The Bertz CT molecular complexity index is 202. The summed E-state index contributed by atoms with van der Waals surface area (Å²) in [5.74, 6) is -0.318. The smallest absolute Gasteiger partial charge is 0.123 e. The number of rotatable bonds is 2. The topological polar surface area (TPSA) is 46.2 Å². The molecule has 11 heavy (non-hydrogen) atoms. The highest BCUT2D eigenvalue weighted by Crippen LogP contribution is 2.14. The van der Waals surface area contributed by atoms with E-state index in [0.717, 1.165) is 0 Å². The second-order valence-corrected chi connectivity index (χ2v) is 2.38. The first kappa shape index (κ1) is 10.0. The largest absolute Gasteiger partial charge is 0.512 e. The van der Waals surface area contributed by atoms with Crippen molar-refractivity contribution in [3.8, 4) is 0 Å². The van der Waals surface area contributed by atoms with Crippen LogP contribution in [-0.2, 0) is 0 Å². The van der Waals surface area contributed by atoms with Gasteiger partial charge in [-0.25, -0.2) is 4.39 Å². The first-order valence-corrected chi connectivity index (χ1v) is 3.51. The number of hydrogen-bond acceptors (Lipinski definition) is 2. The summed E-state index contributed by atoms with van der Waals surface area (Å²) in [6.07, 6.45) is 0.260. The van der Waals surface area contributed by atoms with Crippen molar-refractivity contribution in [2.75, 3.05) is 0 Å². The molecule has 0 aliphatic heterocycles. The van der Waals surface area contributed by atoms with Crippen molar-refractivity contribution in [2.24, 2.45) is 5.73 Å². The van der Waals surface area contributed by atoms with Crippen molar-refractivity contribution >= 4 is 0 Å². The average Bonchev–Trinajstić information content (AvgIpc) is 2.00. The summed E-state index contributed by atoms with van der Waals surface area (Å²) >= 11 is 0. The number of hydrogen-bond donors (Lipinski definition) is 2. The zero-order valence-corrected chi connectivity index (χ0v) is 7.11. The average molecular weight is 159 g/mol. The summed E-state index contributed by atoms with van der Waals surface area (Å²) in [7, 11) is 0. The van der Waals surface area contributed by atoms with E-state index >= 15 is 0 Å². The molecule has 3 N–H and O–H groups in total. The van der Waals surface area contributed by atoms with Crippen LogP contribution in [-0.4, -0.2) is 5.11 Å². The van der Waals surface area contributed by atoms with Gasteiger partial charge in [0.1, 0.15) is 5.83 Å². The Morgan fingerprint density at radius 2 is 1.91 bits per heavy atom. The lowest BCUT2D eigenvalue weighted by molar-refractivity contribution is 0.407. The molecule has 3 heteroatoms. The van der Waals surface area contributed by atoms with Crippen molar-refractivity contribution in [3.63, 3.8) is 0 Å². The quantitative estimate of drug-likeness (QED) is 0.480. The van der Waals surface area contributed by atoms with E-state index in [-0.39, 0.29) is 23.7 Å². The van der Waals surface area contributed by atoms with Crippen molar-refractivity contribution in [1.82, 2.24) is 0 Å². The molecule has 2 nitrogen and oxygen atoms in total. The van der Waals surface area contributed by atoms with Gasteiger partial charge in [0, 0.05) is 5.57 Å². The Kier molecular flexibility index (Phi) is 3.65. The van der Waals surface area contributed by atoms with Gasteiger partial charge in [-0.3, -0.25) is 0 Å².